The first-order valence-corrected chi connectivity index (χ1v) is 7.32. The number of hydrogen-bond acceptors (Lipinski definition) is 2. The fraction of sp³-hybridized carbons (Fsp3) is 0.500. The number of anilines is 2. The summed E-state index contributed by atoms with van der Waals surface area (Å²) >= 11 is 0. The Morgan fingerprint density at radius 1 is 1.14 bits per heavy atom. The highest BCUT2D eigenvalue weighted by Crippen LogP contribution is 2.20. The smallest absolute Gasteiger partial charge is 0.319 e. The molecule has 5 nitrogen and oxygen atoms in total. The molecule has 1 atom stereocenters. The van der Waals surface area contributed by atoms with E-state index in [4.69, 9.17) is 0 Å². The lowest BCUT2D eigenvalue weighted by Crippen LogP contribution is -2.35. The number of nitrogens with one attached hydrogen (secondary N) is 3. The van der Waals surface area contributed by atoms with Crippen molar-refractivity contribution in [1.82, 2.24) is 5.32 Å². The van der Waals surface area contributed by atoms with Gasteiger partial charge in [-0.2, -0.15) is 0 Å². The molecule has 0 fully saturated rings. The minimum Gasteiger partial charge on any atom is -0.335 e. The van der Waals surface area contributed by atoms with Gasteiger partial charge >= 0.3 is 6.03 Å². The highest BCUT2D eigenvalue weighted by Gasteiger charge is 2.10. The number of urea groups is 1. The van der Waals surface area contributed by atoms with Crippen molar-refractivity contribution >= 4 is 23.3 Å². The molecule has 0 aliphatic carbocycles. The Kier molecular flexibility index (Phi) is 6.21. The van der Waals surface area contributed by atoms with E-state index < -0.39 is 0 Å². The standard InChI is InChI=1S/C16H25N3O2/c1-6-12(5)17-16(21)19-14-9-13(8-7-11(14)4)18-15(20)10(2)3/h7-10,12H,6H2,1-5H3,(H,18,20)(H2,17,19,21)/t12-/m1/s1. The molecule has 1 aromatic rings. The normalized spacial score (nSPS) is 11.9. The fourth-order valence-electron chi connectivity index (χ4n) is 1.61. The molecule has 0 spiro atoms. The highest BCUT2D eigenvalue weighted by molar-refractivity contribution is 5.94. The minimum atomic E-state index is -0.236. The molecule has 0 saturated carbocycles. The third-order valence-corrected chi connectivity index (χ3v) is 3.27. The average molecular weight is 291 g/mol. The van der Waals surface area contributed by atoms with E-state index in [0.717, 1.165) is 12.0 Å². The Bertz CT molecular complexity index is 512. The molecule has 0 saturated heterocycles. The molecule has 116 valence electrons. The predicted molar refractivity (Wildman–Crippen MR) is 86.6 cm³/mol. The first-order valence-electron chi connectivity index (χ1n) is 7.32. The van der Waals surface area contributed by atoms with Crippen molar-refractivity contribution < 1.29 is 9.59 Å². The fourth-order valence-corrected chi connectivity index (χ4v) is 1.61. The van der Waals surface area contributed by atoms with Crippen LogP contribution >= 0.6 is 0 Å². The van der Waals surface area contributed by atoms with Crippen molar-refractivity contribution in [1.29, 1.82) is 0 Å². The quantitative estimate of drug-likeness (QED) is 0.777. The number of aryl methyl sites for hydroxylation is 1. The van der Waals surface area contributed by atoms with E-state index in [9.17, 15) is 9.59 Å². The lowest BCUT2D eigenvalue weighted by Gasteiger charge is -2.15. The molecule has 5 heteroatoms. The summed E-state index contributed by atoms with van der Waals surface area (Å²) < 4.78 is 0. The SMILES string of the molecule is CC[C@@H](C)NC(=O)Nc1cc(NC(=O)C(C)C)ccc1C. The van der Waals surface area contributed by atoms with Gasteiger partial charge in [0.2, 0.25) is 5.91 Å². The van der Waals surface area contributed by atoms with E-state index in [1.165, 1.54) is 0 Å². The molecule has 0 aromatic heterocycles. The van der Waals surface area contributed by atoms with Gasteiger partial charge in [0.1, 0.15) is 0 Å². The average Bonchev–Trinajstić information content (AvgIpc) is 2.42. The van der Waals surface area contributed by atoms with Crippen LogP contribution in [-0.2, 0) is 4.79 Å². The molecule has 0 heterocycles. The van der Waals surface area contributed by atoms with Crippen molar-refractivity contribution in [3.63, 3.8) is 0 Å². The number of hydrogen-bond donors (Lipinski definition) is 3. The molecule has 0 aliphatic heterocycles. The van der Waals surface area contributed by atoms with Crippen LogP contribution in [0.5, 0.6) is 0 Å². The van der Waals surface area contributed by atoms with Crippen LogP contribution in [0, 0.1) is 12.8 Å². The van der Waals surface area contributed by atoms with Crippen LogP contribution in [0.25, 0.3) is 0 Å². The molecule has 3 amide bonds. The van der Waals surface area contributed by atoms with Gasteiger partial charge in [-0.3, -0.25) is 4.79 Å². The number of carbonyl (C=O) groups excluding carboxylic acids is 2. The second-order valence-electron chi connectivity index (χ2n) is 5.58. The van der Waals surface area contributed by atoms with E-state index in [0.29, 0.717) is 11.4 Å². The Morgan fingerprint density at radius 2 is 1.81 bits per heavy atom. The predicted octanol–water partition coefficient (Wildman–Crippen LogP) is 3.51. The Balaban J connectivity index is 2.78. The molecule has 0 bridgehead atoms. The van der Waals surface area contributed by atoms with Crippen LogP contribution in [0.1, 0.15) is 39.7 Å². The first-order chi connectivity index (χ1) is 9.83. The number of rotatable bonds is 5. The molecule has 0 aliphatic rings. The van der Waals surface area contributed by atoms with E-state index in [2.05, 4.69) is 16.0 Å². The maximum atomic E-state index is 11.9. The minimum absolute atomic E-state index is 0.0474. The number of benzene rings is 1. The second-order valence-corrected chi connectivity index (χ2v) is 5.58. The summed E-state index contributed by atoms with van der Waals surface area (Å²) in [6, 6.07) is 5.35. The van der Waals surface area contributed by atoms with Crippen molar-refractivity contribution in [2.75, 3.05) is 10.6 Å². The van der Waals surface area contributed by atoms with Crippen molar-refractivity contribution in [2.24, 2.45) is 5.92 Å². The molecule has 0 unspecified atom stereocenters. The van der Waals surface area contributed by atoms with Gasteiger partial charge in [-0.15, -0.1) is 0 Å². The summed E-state index contributed by atoms with van der Waals surface area (Å²) in [7, 11) is 0. The Hall–Kier alpha value is -2.04. The largest absolute Gasteiger partial charge is 0.335 e. The summed E-state index contributed by atoms with van der Waals surface area (Å²) in [5.41, 5.74) is 2.31. The van der Waals surface area contributed by atoms with Crippen LogP contribution in [0.4, 0.5) is 16.2 Å². The van der Waals surface area contributed by atoms with E-state index in [1.54, 1.807) is 6.07 Å². The third kappa shape index (κ3) is 5.45. The first kappa shape index (κ1) is 17.0. The van der Waals surface area contributed by atoms with Crippen LogP contribution in [-0.4, -0.2) is 18.0 Å². The summed E-state index contributed by atoms with van der Waals surface area (Å²) in [6.45, 7) is 9.54. The van der Waals surface area contributed by atoms with Gasteiger partial charge in [-0.05, 0) is 38.0 Å². The zero-order chi connectivity index (χ0) is 16.0. The highest BCUT2D eigenvalue weighted by atomic mass is 16.2. The monoisotopic (exact) mass is 291 g/mol. The molecular formula is C16H25N3O2. The van der Waals surface area contributed by atoms with Gasteiger partial charge in [-0.1, -0.05) is 26.8 Å². The maximum absolute atomic E-state index is 11.9. The molecular weight excluding hydrogens is 266 g/mol. The van der Waals surface area contributed by atoms with E-state index in [1.807, 2.05) is 46.8 Å². The van der Waals surface area contributed by atoms with Gasteiger partial charge in [-0.25, -0.2) is 4.79 Å². The molecule has 1 aromatic carbocycles. The molecule has 0 radical (unpaired) electrons. The Labute approximate surface area is 126 Å². The van der Waals surface area contributed by atoms with Crippen LogP contribution in [0.3, 0.4) is 0 Å². The topological polar surface area (TPSA) is 70.2 Å². The lowest BCUT2D eigenvalue weighted by molar-refractivity contribution is -0.118. The van der Waals surface area contributed by atoms with Crippen molar-refractivity contribution in [3.8, 4) is 0 Å². The van der Waals surface area contributed by atoms with E-state index >= 15 is 0 Å². The lowest BCUT2D eigenvalue weighted by atomic mass is 10.1. The van der Waals surface area contributed by atoms with Gasteiger partial charge in [0.25, 0.3) is 0 Å². The molecule has 1 rings (SSSR count). The van der Waals surface area contributed by atoms with Crippen LogP contribution in [0.2, 0.25) is 0 Å². The summed E-state index contributed by atoms with van der Waals surface area (Å²) in [6.07, 6.45) is 0.872. The third-order valence-electron chi connectivity index (χ3n) is 3.27. The molecule has 21 heavy (non-hydrogen) atoms. The van der Waals surface area contributed by atoms with E-state index in [-0.39, 0.29) is 23.9 Å². The summed E-state index contributed by atoms with van der Waals surface area (Å²) in [5, 5.41) is 8.49. The van der Waals surface area contributed by atoms with Gasteiger partial charge in [0.05, 0.1) is 0 Å². The van der Waals surface area contributed by atoms with Gasteiger partial charge < -0.3 is 16.0 Å². The zero-order valence-corrected chi connectivity index (χ0v) is 13.4. The Morgan fingerprint density at radius 3 is 2.38 bits per heavy atom. The molecule has 3 N–H and O–H groups in total. The second kappa shape index (κ2) is 7.67. The number of carbonyl (C=O) groups is 2. The van der Waals surface area contributed by atoms with Gasteiger partial charge in [0, 0.05) is 23.3 Å². The van der Waals surface area contributed by atoms with Crippen LogP contribution < -0.4 is 16.0 Å². The van der Waals surface area contributed by atoms with Crippen molar-refractivity contribution in [2.45, 2.75) is 47.1 Å². The van der Waals surface area contributed by atoms with Crippen LogP contribution in [0.15, 0.2) is 18.2 Å². The van der Waals surface area contributed by atoms with Gasteiger partial charge in [0.15, 0.2) is 0 Å². The zero-order valence-electron chi connectivity index (χ0n) is 13.4. The maximum Gasteiger partial charge on any atom is 0.319 e. The summed E-state index contributed by atoms with van der Waals surface area (Å²) in [4.78, 5) is 23.6. The number of amides is 3. The van der Waals surface area contributed by atoms with Crippen molar-refractivity contribution in [3.05, 3.63) is 23.8 Å². The summed E-state index contributed by atoms with van der Waals surface area (Å²) in [5.74, 6) is -0.134.